The van der Waals surface area contributed by atoms with Crippen LogP contribution in [0.4, 0.5) is 0 Å². The maximum Gasteiger partial charge on any atom is 0.0601 e. The highest BCUT2D eigenvalue weighted by atomic mass is 16.5. The summed E-state index contributed by atoms with van der Waals surface area (Å²) >= 11 is 0. The Bertz CT molecular complexity index is 394. The first kappa shape index (κ1) is 12.6. The molecule has 0 amide bonds. The summed E-state index contributed by atoms with van der Waals surface area (Å²) in [4.78, 5) is 0. The van der Waals surface area contributed by atoms with E-state index in [1.807, 2.05) is 0 Å². The molecule has 1 saturated carbocycles. The molecule has 2 heteroatoms. The first-order chi connectivity index (χ1) is 8.10. The van der Waals surface area contributed by atoms with Crippen LogP contribution < -0.4 is 5.32 Å². The van der Waals surface area contributed by atoms with Gasteiger partial charge in [0.15, 0.2) is 0 Å². The Morgan fingerprint density at radius 3 is 2.41 bits per heavy atom. The van der Waals surface area contributed by atoms with Gasteiger partial charge < -0.3 is 10.1 Å². The Morgan fingerprint density at radius 1 is 1.12 bits per heavy atom. The zero-order valence-corrected chi connectivity index (χ0v) is 11.3. The summed E-state index contributed by atoms with van der Waals surface area (Å²) in [6.45, 7) is 7.54. The zero-order chi connectivity index (χ0) is 12.4. The molecule has 1 aliphatic rings. The van der Waals surface area contributed by atoms with Crippen LogP contribution in [0.5, 0.6) is 0 Å². The minimum atomic E-state index is 0.480. The second-order valence-corrected chi connectivity index (χ2v) is 5.27. The van der Waals surface area contributed by atoms with Crippen molar-refractivity contribution in [3.8, 4) is 0 Å². The molecule has 1 aliphatic carbocycles. The van der Waals surface area contributed by atoms with Crippen LogP contribution in [0.25, 0.3) is 0 Å². The largest absolute Gasteiger partial charge is 0.381 e. The molecule has 0 aliphatic heterocycles. The number of methoxy groups -OCH3 is 1. The van der Waals surface area contributed by atoms with Gasteiger partial charge in [-0.05, 0) is 55.9 Å². The Balaban J connectivity index is 1.89. The van der Waals surface area contributed by atoms with Gasteiger partial charge >= 0.3 is 0 Å². The van der Waals surface area contributed by atoms with Crippen LogP contribution in [-0.4, -0.2) is 19.3 Å². The van der Waals surface area contributed by atoms with Crippen molar-refractivity contribution in [1.82, 2.24) is 5.32 Å². The van der Waals surface area contributed by atoms with E-state index in [0.717, 1.165) is 19.4 Å². The highest BCUT2D eigenvalue weighted by molar-refractivity contribution is 5.36. The van der Waals surface area contributed by atoms with Crippen LogP contribution in [0.2, 0.25) is 0 Å². The van der Waals surface area contributed by atoms with E-state index < -0.39 is 0 Å². The lowest BCUT2D eigenvalue weighted by Crippen LogP contribution is -2.44. The van der Waals surface area contributed by atoms with Crippen LogP contribution in [0.15, 0.2) is 12.1 Å². The SMILES string of the molecule is COC1CC(NCc2cc(C)c(C)cc2C)C1. The Labute approximate surface area is 104 Å². The summed E-state index contributed by atoms with van der Waals surface area (Å²) < 4.78 is 5.29. The molecule has 0 spiro atoms. The number of rotatable bonds is 4. The van der Waals surface area contributed by atoms with Gasteiger partial charge in [0.1, 0.15) is 0 Å². The summed E-state index contributed by atoms with van der Waals surface area (Å²) in [7, 11) is 1.80. The number of ether oxygens (including phenoxy) is 1. The van der Waals surface area contributed by atoms with Gasteiger partial charge in [-0.25, -0.2) is 0 Å². The average molecular weight is 233 g/mol. The van der Waals surface area contributed by atoms with Crippen molar-refractivity contribution >= 4 is 0 Å². The third-order valence-electron chi connectivity index (χ3n) is 3.96. The van der Waals surface area contributed by atoms with Crippen molar-refractivity contribution in [3.63, 3.8) is 0 Å². The molecule has 94 valence electrons. The van der Waals surface area contributed by atoms with Gasteiger partial charge in [-0.1, -0.05) is 12.1 Å². The number of aryl methyl sites for hydroxylation is 3. The molecule has 17 heavy (non-hydrogen) atoms. The van der Waals surface area contributed by atoms with E-state index in [0.29, 0.717) is 12.1 Å². The molecule has 2 rings (SSSR count). The maximum atomic E-state index is 5.29. The highest BCUT2D eigenvalue weighted by Crippen LogP contribution is 2.23. The standard InChI is InChI=1S/C15H23NO/c1-10-5-12(3)13(6-11(10)2)9-16-14-7-15(8-14)17-4/h5-6,14-16H,7-9H2,1-4H3. The van der Waals surface area contributed by atoms with E-state index in [-0.39, 0.29) is 0 Å². The first-order valence-electron chi connectivity index (χ1n) is 6.43. The molecule has 1 aromatic rings. The normalized spacial score (nSPS) is 23.5. The molecule has 1 fully saturated rings. The molecule has 0 bridgehead atoms. The van der Waals surface area contributed by atoms with Crippen LogP contribution in [0, 0.1) is 20.8 Å². The van der Waals surface area contributed by atoms with E-state index in [4.69, 9.17) is 4.74 Å². The third-order valence-corrected chi connectivity index (χ3v) is 3.96. The molecule has 0 radical (unpaired) electrons. The van der Waals surface area contributed by atoms with Gasteiger partial charge in [-0.15, -0.1) is 0 Å². The van der Waals surface area contributed by atoms with E-state index in [2.05, 4.69) is 38.2 Å². The second kappa shape index (κ2) is 5.19. The van der Waals surface area contributed by atoms with Crippen molar-refractivity contribution in [1.29, 1.82) is 0 Å². The molecule has 0 aromatic heterocycles. The zero-order valence-electron chi connectivity index (χ0n) is 11.3. The lowest BCUT2D eigenvalue weighted by molar-refractivity contribution is 0.0170. The van der Waals surface area contributed by atoms with Crippen LogP contribution in [0.3, 0.4) is 0 Å². The molecule has 0 unspecified atom stereocenters. The lowest BCUT2D eigenvalue weighted by atomic mass is 9.89. The monoisotopic (exact) mass is 233 g/mol. The van der Waals surface area contributed by atoms with Gasteiger partial charge in [-0.2, -0.15) is 0 Å². The summed E-state index contributed by atoms with van der Waals surface area (Å²) in [5.74, 6) is 0. The summed E-state index contributed by atoms with van der Waals surface area (Å²) in [5.41, 5.74) is 5.59. The van der Waals surface area contributed by atoms with Crippen LogP contribution in [-0.2, 0) is 11.3 Å². The lowest BCUT2D eigenvalue weighted by Gasteiger charge is -2.35. The predicted molar refractivity (Wildman–Crippen MR) is 71.3 cm³/mol. The van der Waals surface area contributed by atoms with E-state index in [1.165, 1.54) is 22.3 Å². The fourth-order valence-electron chi connectivity index (χ4n) is 2.39. The third kappa shape index (κ3) is 2.88. The van der Waals surface area contributed by atoms with E-state index >= 15 is 0 Å². The minimum Gasteiger partial charge on any atom is -0.381 e. The van der Waals surface area contributed by atoms with Gasteiger partial charge in [-0.3, -0.25) is 0 Å². The fourth-order valence-corrected chi connectivity index (χ4v) is 2.39. The highest BCUT2D eigenvalue weighted by Gasteiger charge is 2.28. The minimum absolute atomic E-state index is 0.480. The molecular weight excluding hydrogens is 210 g/mol. The molecule has 1 aromatic carbocycles. The second-order valence-electron chi connectivity index (χ2n) is 5.27. The number of hydrogen-bond donors (Lipinski definition) is 1. The predicted octanol–water partition coefficient (Wildman–Crippen LogP) is 2.88. The molecular formula is C15H23NO. The molecule has 1 N–H and O–H groups in total. The summed E-state index contributed by atoms with van der Waals surface area (Å²) in [6, 6.07) is 5.23. The fraction of sp³-hybridized carbons (Fsp3) is 0.600. The first-order valence-corrected chi connectivity index (χ1v) is 6.43. The topological polar surface area (TPSA) is 21.3 Å². The van der Waals surface area contributed by atoms with Crippen molar-refractivity contribution in [2.75, 3.05) is 7.11 Å². The maximum absolute atomic E-state index is 5.29. The quantitative estimate of drug-likeness (QED) is 0.863. The number of benzene rings is 1. The van der Waals surface area contributed by atoms with Gasteiger partial charge in [0, 0.05) is 19.7 Å². The van der Waals surface area contributed by atoms with Crippen LogP contribution in [0.1, 0.15) is 35.1 Å². The van der Waals surface area contributed by atoms with Gasteiger partial charge in [0.25, 0.3) is 0 Å². The van der Waals surface area contributed by atoms with Crippen molar-refractivity contribution in [3.05, 3.63) is 34.4 Å². The smallest absolute Gasteiger partial charge is 0.0601 e. The Kier molecular flexibility index (Phi) is 3.85. The summed E-state index contributed by atoms with van der Waals surface area (Å²) in [6.07, 6.45) is 2.79. The number of hydrogen-bond acceptors (Lipinski definition) is 2. The molecule has 0 atom stereocenters. The van der Waals surface area contributed by atoms with Crippen LogP contribution >= 0.6 is 0 Å². The number of nitrogens with one attached hydrogen (secondary N) is 1. The van der Waals surface area contributed by atoms with Crippen molar-refractivity contribution < 1.29 is 4.74 Å². The molecule has 0 heterocycles. The van der Waals surface area contributed by atoms with Crippen molar-refractivity contribution in [2.24, 2.45) is 0 Å². The summed E-state index contributed by atoms with van der Waals surface area (Å²) in [5, 5.41) is 3.61. The Morgan fingerprint density at radius 2 is 1.76 bits per heavy atom. The molecule has 0 saturated heterocycles. The van der Waals surface area contributed by atoms with Gasteiger partial charge in [0.05, 0.1) is 6.10 Å². The van der Waals surface area contributed by atoms with E-state index in [9.17, 15) is 0 Å². The average Bonchev–Trinajstić information content (AvgIpc) is 2.23. The van der Waals surface area contributed by atoms with Crippen molar-refractivity contribution in [2.45, 2.75) is 52.3 Å². The molecule has 2 nitrogen and oxygen atoms in total. The Hall–Kier alpha value is -0.860. The van der Waals surface area contributed by atoms with E-state index in [1.54, 1.807) is 7.11 Å². The van der Waals surface area contributed by atoms with Gasteiger partial charge in [0.2, 0.25) is 0 Å².